The van der Waals surface area contributed by atoms with Gasteiger partial charge in [0.2, 0.25) is 17.6 Å². The molecule has 0 saturated carbocycles. The SMILES string of the molecule is COc1nc(-c2cccc(-c3cccc(Nc4nccc(OC(=O)C5CCCN(C)C5)c4F)c3Cl)c2Cl)ccc1CNC[C@@H]1CCC(=O)N1. The van der Waals surface area contributed by atoms with Crippen molar-refractivity contribution in [2.45, 2.75) is 38.3 Å². The molecule has 2 atom stereocenters. The van der Waals surface area contributed by atoms with Crippen LogP contribution in [0.2, 0.25) is 10.0 Å². The Morgan fingerprint density at radius 2 is 1.84 bits per heavy atom. The highest BCUT2D eigenvalue weighted by Crippen LogP contribution is 2.42. The number of ether oxygens (including phenoxy) is 2. The van der Waals surface area contributed by atoms with Gasteiger partial charge in [-0.3, -0.25) is 9.59 Å². The number of anilines is 2. The average Bonchev–Trinajstić information content (AvgIpc) is 3.52. The molecule has 2 fully saturated rings. The lowest BCUT2D eigenvalue weighted by atomic mass is 9.99. The number of carbonyl (C=O) groups is 2. The molecule has 49 heavy (non-hydrogen) atoms. The molecule has 1 unspecified atom stereocenters. The number of methoxy groups -OCH3 is 1. The Hall–Kier alpha value is -4.29. The normalized spacial score (nSPS) is 17.9. The molecule has 3 N–H and O–H groups in total. The fraction of sp³-hybridized carbons (Fsp3) is 0.333. The number of likely N-dealkylation sites (tertiary alicyclic amines) is 1. The van der Waals surface area contributed by atoms with Crippen molar-refractivity contribution < 1.29 is 23.5 Å². The predicted octanol–water partition coefficient (Wildman–Crippen LogP) is 6.62. The van der Waals surface area contributed by atoms with E-state index in [2.05, 4.69) is 25.8 Å². The maximum Gasteiger partial charge on any atom is 0.315 e. The van der Waals surface area contributed by atoms with Crippen LogP contribution in [0.5, 0.6) is 11.6 Å². The average molecular weight is 708 g/mol. The second kappa shape index (κ2) is 15.5. The molecule has 1 amide bonds. The summed E-state index contributed by atoms with van der Waals surface area (Å²) in [5.41, 5.74) is 3.79. The second-order valence-corrected chi connectivity index (χ2v) is 13.0. The van der Waals surface area contributed by atoms with E-state index in [-0.39, 0.29) is 29.4 Å². The number of carbonyl (C=O) groups excluding carboxylic acids is 2. The molecule has 2 aliphatic heterocycles. The highest BCUT2D eigenvalue weighted by atomic mass is 35.5. The summed E-state index contributed by atoms with van der Waals surface area (Å²) in [7, 11) is 3.51. The van der Waals surface area contributed by atoms with Gasteiger partial charge in [0.05, 0.1) is 34.5 Å². The summed E-state index contributed by atoms with van der Waals surface area (Å²) >= 11 is 13.9. The molecule has 4 aromatic rings. The standard InChI is InChI=1S/C36H37Cl2FN6O4/c1-45-17-5-6-22(20-45)36(47)49-29-15-16-41-34(33(29)39)43-28-10-4-8-25(32(28)38)24-7-3-9-26(31(24)37)27-13-11-21(35(44-27)48-2)18-40-19-23-12-14-30(46)42-23/h3-4,7-11,13,15-16,22-23,40H,5-6,12,14,17-20H2,1-2H3,(H,41,43)(H,42,46)/t22?,23-/m0/s1. The molecule has 13 heteroatoms. The smallest absolute Gasteiger partial charge is 0.315 e. The van der Waals surface area contributed by atoms with Gasteiger partial charge in [-0.25, -0.2) is 9.97 Å². The van der Waals surface area contributed by atoms with Crippen LogP contribution in [0.3, 0.4) is 0 Å². The molecule has 4 heterocycles. The summed E-state index contributed by atoms with van der Waals surface area (Å²) in [4.78, 5) is 35.2. The number of rotatable bonds is 11. The lowest BCUT2D eigenvalue weighted by Crippen LogP contribution is -2.37. The first kappa shape index (κ1) is 34.6. The summed E-state index contributed by atoms with van der Waals surface area (Å²) in [6.07, 6.45) is 4.31. The molecule has 2 aliphatic rings. The third kappa shape index (κ3) is 7.96. The molecule has 6 rings (SSSR count). The number of nitrogens with zero attached hydrogens (tertiary/aromatic N) is 3. The number of pyridine rings is 2. The van der Waals surface area contributed by atoms with E-state index in [1.54, 1.807) is 19.2 Å². The zero-order valence-electron chi connectivity index (χ0n) is 27.2. The number of hydrogen-bond acceptors (Lipinski definition) is 9. The van der Waals surface area contributed by atoms with E-state index < -0.39 is 11.8 Å². The highest BCUT2D eigenvalue weighted by Gasteiger charge is 2.27. The van der Waals surface area contributed by atoms with Gasteiger partial charge in [0, 0.05) is 66.6 Å². The summed E-state index contributed by atoms with van der Waals surface area (Å²) in [6, 6.07) is 16.1. The zero-order valence-corrected chi connectivity index (χ0v) is 28.7. The van der Waals surface area contributed by atoms with Gasteiger partial charge in [-0.15, -0.1) is 0 Å². The molecule has 10 nitrogen and oxygen atoms in total. The third-order valence-corrected chi connectivity index (χ3v) is 9.58. The van der Waals surface area contributed by atoms with E-state index in [4.69, 9.17) is 37.7 Å². The van der Waals surface area contributed by atoms with Gasteiger partial charge in [0.25, 0.3) is 0 Å². The number of amides is 1. The number of esters is 1. The van der Waals surface area contributed by atoms with Crippen LogP contribution < -0.4 is 25.4 Å². The maximum absolute atomic E-state index is 15.6. The van der Waals surface area contributed by atoms with Crippen molar-refractivity contribution in [1.29, 1.82) is 0 Å². The molecule has 0 bridgehead atoms. The molecule has 0 radical (unpaired) electrons. The van der Waals surface area contributed by atoms with E-state index in [1.807, 2.05) is 43.4 Å². The first-order chi connectivity index (χ1) is 23.7. The van der Waals surface area contributed by atoms with Gasteiger partial charge < -0.3 is 30.3 Å². The van der Waals surface area contributed by atoms with E-state index in [0.29, 0.717) is 76.5 Å². The Labute approximate surface area is 294 Å². The summed E-state index contributed by atoms with van der Waals surface area (Å²) in [5.74, 6) is -1.39. The van der Waals surface area contributed by atoms with Crippen LogP contribution in [0.15, 0.2) is 60.8 Å². The predicted molar refractivity (Wildman–Crippen MR) is 188 cm³/mol. The lowest BCUT2D eigenvalue weighted by molar-refractivity contribution is -0.140. The fourth-order valence-electron chi connectivity index (χ4n) is 6.19. The van der Waals surface area contributed by atoms with Gasteiger partial charge in [-0.05, 0) is 45.0 Å². The largest absolute Gasteiger partial charge is 0.481 e. The molecule has 0 aliphatic carbocycles. The monoisotopic (exact) mass is 706 g/mol. The van der Waals surface area contributed by atoms with Crippen LogP contribution in [0, 0.1) is 11.7 Å². The van der Waals surface area contributed by atoms with Gasteiger partial charge in [-0.1, -0.05) is 59.6 Å². The van der Waals surface area contributed by atoms with Crippen molar-refractivity contribution in [3.63, 3.8) is 0 Å². The third-order valence-electron chi connectivity index (χ3n) is 8.76. The van der Waals surface area contributed by atoms with Crippen molar-refractivity contribution >= 4 is 46.6 Å². The molecule has 2 aromatic heterocycles. The number of hydrogen-bond donors (Lipinski definition) is 3. The number of piperidine rings is 1. The maximum atomic E-state index is 15.6. The molecular weight excluding hydrogens is 670 g/mol. The quantitative estimate of drug-likeness (QED) is 0.148. The van der Waals surface area contributed by atoms with E-state index >= 15 is 4.39 Å². The Balaban J connectivity index is 1.20. The minimum atomic E-state index is -0.800. The van der Waals surface area contributed by atoms with Crippen molar-refractivity contribution in [2.24, 2.45) is 5.92 Å². The van der Waals surface area contributed by atoms with Crippen LogP contribution in [-0.4, -0.2) is 66.6 Å². The summed E-state index contributed by atoms with van der Waals surface area (Å²) in [5, 5.41) is 9.99. The number of halogens is 3. The molecular formula is C36H37Cl2FN6O4. The van der Waals surface area contributed by atoms with Crippen molar-refractivity contribution in [3.05, 3.63) is 82.2 Å². The van der Waals surface area contributed by atoms with Crippen molar-refractivity contribution in [3.8, 4) is 34.0 Å². The molecule has 2 saturated heterocycles. The molecule has 256 valence electrons. The zero-order chi connectivity index (χ0) is 34.5. The van der Waals surface area contributed by atoms with Crippen LogP contribution in [0.4, 0.5) is 15.9 Å². The number of benzene rings is 2. The second-order valence-electron chi connectivity index (χ2n) is 12.3. The van der Waals surface area contributed by atoms with E-state index in [0.717, 1.165) is 24.9 Å². The van der Waals surface area contributed by atoms with Crippen molar-refractivity contribution in [1.82, 2.24) is 25.5 Å². The van der Waals surface area contributed by atoms with Crippen LogP contribution in [0.1, 0.15) is 31.2 Å². The Kier molecular flexibility index (Phi) is 10.9. The number of aromatic nitrogens is 2. The topological polar surface area (TPSA) is 118 Å². The van der Waals surface area contributed by atoms with Crippen molar-refractivity contribution in [2.75, 3.05) is 39.1 Å². The fourth-order valence-corrected chi connectivity index (χ4v) is 6.79. The lowest BCUT2D eigenvalue weighted by Gasteiger charge is -2.28. The minimum Gasteiger partial charge on any atom is -0.481 e. The first-order valence-electron chi connectivity index (χ1n) is 16.1. The highest BCUT2D eigenvalue weighted by molar-refractivity contribution is 6.39. The Morgan fingerprint density at radius 1 is 1.06 bits per heavy atom. The van der Waals surface area contributed by atoms with Gasteiger partial charge in [0.15, 0.2) is 11.6 Å². The van der Waals surface area contributed by atoms with Crippen LogP contribution >= 0.6 is 23.2 Å². The number of nitrogens with one attached hydrogen (secondary N) is 3. The first-order valence-corrected chi connectivity index (χ1v) is 16.9. The van der Waals surface area contributed by atoms with E-state index in [1.165, 1.54) is 12.3 Å². The summed E-state index contributed by atoms with van der Waals surface area (Å²) in [6.45, 7) is 2.65. The summed E-state index contributed by atoms with van der Waals surface area (Å²) < 4.78 is 26.6. The Bertz CT molecular complexity index is 1860. The molecule has 0 spiro atoms. The molecule has 2 aromatic carbocycles. The van der Waals surface area contributed by atoms with E-state index in [9.17, 15) is 9.59 Å². The Morgan fingerprint density at radius 3 is 2.59 bits per heavy atom. The minimum absolute atomic E-state index is 0.0807. The van der Waals surface area contributed by atoms with Crippen LogP contribution in [-0.2, 0) is 16.1 Å². The van der Waals surface area contributed by atoms with Gasteiger partial charge in [-0.2, -0.15) is 4.39 Å². The van der Waals surface area contributed by atoms with Crippen LogP contribution in [0.25, 0.3) is 22.4 Å². The van der Waals surface area contributed by atoms with Gasteiger partial charge >= 0.3 is 5.97 Å². The van der Waals surface area contributed by atoms with Gasteiger partial charge in [0.1, 0.15) is 0 Å².